The highest BCUT2D eigenvalue weighted by Crippen LogP contribution is 2.20. The van der Waals surface area contributed by atoms with Crippen LogP contribution in [0.3, 0.4) is 0 Å². The van der Waals surface area contributed by atoms with Gasteiger partial charge in [0.05, 0.1) is 26.0 Å². The molecule has 0 aromatic heterocycles. The third-order valence-electron chi connectivity index (χ3n) is 1.67. The fourth-order valence-electron chi connectivity index (χ4n) is 1.08. The lowest BCUT2D eigenvalue weighted by atomic mass is 10.2. The van der Waals surface area contributed by atoms with Gasteiger partial charge in [-0.15, -0.1) is 0 Å². The number of rotatable bonds is 3. The fourth-order valence-corrected chi connectivity index (χ4v) is 2.30. The van der Waals surface area contributed by atoms with Gasteiger partial charge in [0.15, 0.2) is 0 Å². The molecule has 0 aliphatic heterocycles. The van der Waals surface area contributed by atoms with Crippen LogP contribution in [0.1, 0.15) is 5.56 Å². The average Bonchev–Trinajstić information content (AvgIpc) is 2.00. The zero-order valence-electron chi connectivity index (χ0n) is 9.93. The Hall–Kier alpha value is -0.950. The van der Waals surface area contributed by atoms with Crippen LogP contribution in [0.5, 0.6) is 0 Å². The predicted molar refractivity (Wildman–Crippen MR) is 63.4 cm³/mol. The van der Waals surface area contributed by atoms with Gasteiger partial charge < -0.3 is 14.9 Å². The minimum atomic E-state index is -3.54. The molecule has 0 heterocycles. The maximum absolute atomic E-state index is 11.8. The fraction of sp³-hybridized carbons (Fsp3) is 0.400. The molecule has 1 aromatic rings. The van der Waals surface area contributed by atoms with Gasteiger partial charge in [-0.1, -0.05) is 17.7 Å². The van der Waals surface area contributed by atoms with Crippen LogP contribution in [0.2, 0.25) is 0 Å². The summed E-state index contributed by atoms with van der Waals surface area (Å²) in [4.78, 5) is 3.99. The molecule has 0 aliphatic rings. The number of hydrogen-bond acceptors (Lipinski definition) is 2. The molecule has 0 spiro atoms. The van der Waals surface area contributed by atoms with E-state index in [9.17, 15) is 8.42 Å². The van der Waals surface area contributed by atoms with Crippen molar-refractivity contribution in [1.29, 1.82) is 0 Å². The molecular weight excluding hydrogens is 228 g/mol. The largest absolute Gasteiger partial charge is 0.412 e. The van der Waals surface area contributed by atoms with Gasteiger partial charge in [0.2, 0.25) is 0 Å². The molecule has 0 amide bonds. The van der Waals surface area contributed by atoms with E-state index in [2.05, 4.69) is 4.83 Å². The number of aryl methyl sites for hydroxylation is 1. The first kappa shape index (κ1) is 15.0. The summed E-state index contributed by atoms with van der Waals surface area (Å²) in [6, 6.07) is 6.67. The first-order valence-corrected chi connectivity index (χ1v) is 6.02. The highest BCUT2D eigenvalue weighted by atomic mass is 32.2. The highest BCUT2D eigenvalue weighted by molar-refractivity contribution is 7.93. The number of sulfonamides is 1. The predicted octanol–water partition coefficient (Wildman–Crippen LogP) is 0.854. The summed E-state index contributed by atoms with van der Waals surface area (Å²) < 4.78 is 23.6. The monoisotopic (exact) mass is 246 g/mol. The van der Waals surface area contributed by atoms with Crippen LogP contribution in [-0.4, -0.2) is 39.6 Å². The summed E-state index contributed by atoms with van der Waals surface area (Å²) in [7, 11) is 1.56. The molecule has 1 rings (SSSR count). The molecule has 1 aromatic carbocycles. The Kier molecular flexibility index (Phi) is 4.63. The first-order valence-electron chi connectivity index (χ1n) is 4.58. The summed E-state index contributed by atoms with van der Waals surface area (Å²) in [5, 5.41) is 0. The third kappa shape index (κ3) is 4.28. The summed E-state index contributed by atoms with van der Waals surface area (Å²) in [6.45, 7) is 1.91. The lowest BCUT2D eigenvalue weighted by Gasteiger charge is -2.37. The Labute approximate surface area is 96.6 Å². The van der Waals surface area contributed by atoms with Gasteiger partial charge in [-0.2, -0.15) is 0 Å². The average molecular weight is 246 g/mol. The topological polar surface area (TPSA) is 79.7 Å². The smallest absolute Gasteiger partial charge is 0.142 e. The number of benzene rings is 1. The zero-order chi connectivity index (χ0) is 11.7. The second kappa shape index (κ2) is 4.92. The van der Waals surface area contributed by atoms with Gasteiger partial charge in [-0.25, -0.2) is 8.42 Å². The van der Waals surface area contributed by atoms with E-state index in [-0.39, 0.29) is 15.0 Å². The Bertz CT molecular complexity index is 432. The standard InChI is InChI=1S/C10H16N2O2S.H2O/c1-9-5-7-10(8-6-9)15(13,14)11-12(2,3)4;/h5-8H,1-4H3;1H2. The molecule has 6 heteroatoms. The molecule has 0 bridgehead atoms. The normalized spacial score (nSPS) is 12.0. The second-order valence-electron chi connectivity index (χ2n) is 4.31. The molecule has 0 saturated heterocycles. The summed E-state index contributed by atoms with van der Waals surface area (Å²) >= 11 is 0. The Balaban J connectivity index is 0.00000225. The minimum Gasteiger partial charge on any atom is -0.412 e. The maximum atomic E-state index is 11.8. The van der Waals surface area contributed by atoms with Crippen molar-refractivity contribution >= 4 is 10.0 Å². The van der Waals surface area contributed by atoms with E-state index in [1.165, 1.54) is 0 Å². The summed E-state index contributed by atoms with van der Waals surface area (Å²) in [6.07, 6.45) is 0. The highest BCUT2D eigenvalue weighted by Gasteiger charge is 2.10. The van der Waals surface area contributed by atoms with Crippen molar-refractivity contribution in [3.8, 4) is 0 Å². The molecule has 92 valence electrons. The van der Waals surface area contributed by atoms with Gasteiger partial charge >= 0.3 is 0 Å². The van der Waals surface area contributed by atoms with Crippen LogP contribution >= 0.6 is 0 Å². The van der Waals surface area contributed by atoms with Crippen LogP contribution in [-0.2, 0) is 10.0 Å². The van der Waals surface area contributed by atoms with Crippen LogP contribution in [0, 0.1) is 6.92 Å². The summed E-state index contributed by atoms with van der Waals surface area (Å²) in [5.74, 6) is 0. The van der Waals surface area contributed by atoms with Crippen molar-refractivity contribution in [3.63, 3.8) is 0 Å². The molecule has 2 N–H and O–H groups in total. The number of quaternary nitrogens is 1. The van der Waals surface area contributed by atoms with Crippen molar-refractivity contribution in [1.82, 2.24) is 0 Å². The van der Waals surface area contributed by atoms with Gasteiger partial charge in [-0.05, 0) is 19.1 Å². The van der Waals surface area contributed by atoms with E-state index in [0.717, 1.165) is 5.56 Å². The van der Waals surface area contributed by atoms with Crippen molar-refractivity contribution in [2.75, 3.05) is 21.1 Å². The molecule has 5 nitrogen and oxygen atoms in total. The van der Waals surface area contributed by atoms with Crippen molar-refractivity contribution in [3.05, 3.63) is 34.7 Å². The quantitative estimate of drug-likeness (QED) is 0.585. The first-order chi connectivity index (χ1) is 6.71. The molecule has 0 atom stereocenters. The van der Waals surface area contributed by atoms with Crippen LogP contribution in [0.4, 0.5) is 0 Å². The van der Waals surface area contributed by atoms with Gasteiger partial charge in [0, 0.05) is 0 Å². The molecule has 0 radical (unpaired) electrons. The second-order valence-corrected chi connectivity index (χ2v) is 5.90. The lowest BCUT2D eigenvalue weighted by Crippen LogP contribution is -2.31. The van der Waals surface area contributed by atoms with E-state index >= 15 is 0 Å². The number of nitrogens with zero attached hydrogens (tertiary/aromatic N) is 2. The van der Waals surface area contributed by atoms with E-state index < -0.39 is 10.0 Å². The molecule has 0 aliphatic carbocycles. The summed E-state index contributed by atoms with van der Waals surface area (Å²) in [5.41, 5.74) is 1.03. The lowest BCUT2D eigenvalue weighted by molar-refractivity contribution is -0.824. The SMILES string of the molecule is Cc1ccc(S(=O)(=O)[N-][N+](C)(C)C)cc1.O. The van der Waals surface area contributed by atoms with Gasteiger partial charge in [0.1, 0.15) is 10.0 Å². The zero-order valence-corrected chi connectivity index (χ0v) is 10.7. The third-order valence-corrected chi connectivity index (χ3v) is 3.24. The van der Waals surface area contributed by atoms with Crippen molar-refractivity contribution in [2.24, 2.45) is 0 Å². The molecule has 0 unspecified atom stereocenters. The van der Waals surface area contributed by atoms with Crippen LogP contribution in [0.15, 0.2) is 29.2 Å². The van der Waals surface area contributed by atoms with Crippen molar-refractivity contribution in [2.45, 2.75) is 11.8 Å². The molecule has 0 saturated carbocycles. The Morgan fingerprint density at radius 2 is 1.50 bits per heavy atom. The Morgan fingerprint density at radius 3 is 1.88 bits per heavy atom. The maximum Gasteiger partial charge on any atom is 0.142 e. The number of hydrogen-bond donors (Lipinski definition) is 0. The van der Waals surface area contributed by atoms with Gasteiger partial charge in [-0.3, -0.25) is 0 Å². The van der Waals surface area contributed by atoms with E-state index in [0.29, 0.717) is 0 Å². The molecule has 0 fully saturated rings. The van der Waals surface area contributed by atoms with E-state index in [1.54, 1.807) is 45.4 Å². The molecule has 16 heavy (non-hydrogen) atoms. The minimum absolute atomic E-state index is 0. The molecular formula is C10H18N2O3S. The van der Waals surface area contributed by atoms with Crippen LogP contribution < -0.4 is 0 Å². The van der Waals surface area contributed by atoms with E-state index in [4.69, 9.17) is 0 Å². The van der Waals surface area contributed by atoms with E-state index in [1.807, 2.05) is 6.92 Å². The Morgan fingerprint density at radius 1 is 1.06 bits per heavy atom. The van der Waals surface area contributed by atoms with Gasteiger partial charge in [0.25, 0.3) is 0 Å². The van der Waals surface area contributed by atoms with Crippen LogP contribution in [0.25, 0.3) is 4.83 Å². The van der Waals surface area contributed by atoms with Crippen molar-refractivity contribution < 1.29 is 18.5 Å².